The molecule has 0 aliphatic rings. The Labute approximate surface area is 210 Å². The maximum absolute atomic E-state index is 9.83. The number of aliphatic carboxylic acids is 2. The second-order valence-corrected chi connectivity index (χ2v) is 8.81. The fourth-order valence-electron chi connectivity index (χ4n) is 2.80. The first kappa shape index (κ1) is 36.1. The van der Waals surface area contributed by atoms with Gasteiger partial charge in [0.25, 0.3) is 0 Å². The molecule has 0 aromatic carbocycles. The first-order chi connectivity index (χ1) is 15.7. The second-order valence-electron chi connectivity index (χ2n) is 8.23. The number of carboxylic acids is 2. The van der Waals surface area contributed by atoms with Gasteiger partial charge in [0.2, 0.25) is 0 Å². The Morgan fingerprint density at radius 1 is 0.606 bits per heavy atom. The van der Waals surface area contributed by atoms with Gasteiger partial charge in [0.05, 0.1) is 0 Å². The number of carboxylic acid groups (broad SMARTS) is 2. The quantitative estimate of drug-likeness (QED) is 0.119. The Morgan fingerprint density at radius 2 is 0.939 bits per heavy atom. The standard InChI is InChI=1S/C18H35.2C4H6O3.Al/c1-3-5-7-9-11-13-15-17-18-16-14-12-10-8-6-4-2;2*1-3(5)2-4(6)7;/h17-18H,1,3-16H2,2H3;2*2H2,1H3,(H,6,7);/q;;;+2/p-2/b18-17-;;;. The SMILES string of the molecule is CC(=O)CC(=O)[O-].CC(=O)CC(=O)[O-].CCCCCCCC/C=C\CCCCCCC[CH2][Al+2]. The number of hydrogen-bond donors (Lipinski definition) is 0. The number of carbonyl (C=O) groups excluding carboxylic acids is 4. The molecular weight excluding hydrogens is 435 g/mol. The zero-order valence-corrected chi connectivity index (χ0v) is 22.4. The summed E-state index contributed by atoms with van der Waals surface area (Å²) in [5.74, 6) is -3.37. The number of rotatable bonds is 19. The third-order valence-electron chi connectivity index (χ3n) is 4.50. The Morgan fingerprint density at radius 3 is 1.21 bits per heavy atom. The molecule has 0 aromatic heterocycles. The van der Waals surface area contributed by atoms with Crippen molar-refractivity contribution < 1.29 is 29.4 Å². The molecule has 0 aliphatic heterocycles. The number of unbranched alkanes of at least 4 members (excludes halogenated alkanes) is 12. The molecule has 0 fully saturated rings. The van der Waals surface area contributed by atoms with E-state index in [9.17, 15) is 29.4 Å². The summed E-state index contributed by atoms with van der Waals surface area (Å²) in [5, 5.41) is 20.2. The van der Waals surface area contributed by atoms with Crippen molar-refractivity contribution >= 4 is 39.8 Å². The molecule has 0 bridgehead atoms. The third-order valence-corrected chi connectivity index (χ3v) is 4.91. The van der Waals surface area contributed by atoms with Crippen LogP contribution in [0.2, 0.25) is 5.28 Å². The summed E-state index contributed by atoms with van der Waals surface area (Å²) in [4.78, 5) is 38.6. The van der Waals surface area contributed by atoms with Crippen molar-refractivity contribution in [2.75, 3.05) is 0 Å². The number of hydrogen-bond acceptors (Lipinski definition) is 6. The van der Waals surface area contributed by atoms with Gasteiger partial charge in [-0.1, -0.05) is 39.0 Å². The monoisotopic (exact) mass is 480 g/mol. The predicted octanol–water partition coefficient (Wildman–Crippen LogP) is 4.04. The van der Waals surface area contributed by atoms with E-state index >= 15 is 0 Å². The molecule has 0 heterocycles. The van der Waals surface area contributed by atoms with E-state index in [1.807, 2.05) is 0 Å². The van der Waals surface area contributed by atoms with Crippen LogP contribution < -0.4 is 10.2 Å². The van der Waals surface area contributed by atoms with Gasteiger partial charge >= 0.3 is 91.5 Å². The molecule has 0 radical (unpaired) electrons. The number of allylic oxidation sites excluding steroid dienone is 2. The molecule has 7 heteroatoms. The number of ketones is 2. The molecule has 33 heavy (non-hydrogen) atoms. The van der Waals surface area contributed by atoms with Crippen molar-refractivity contribution in [1.82, 2.24) is 0 Å². The van der Waals surface area contributed by atoms with Crippen LogP contribution in [0.5, 0.6) is 0 Å². The molecule has 0 amide bonds. The van der Waals surface area contributed by atoms with Gasteiger partial charge in [-0.3, -0.25) is 9.59 Å². The fraction of sp³-hybridized carbons (Fsp3) is 0.769. The van der Waals surface area contributed by atoms with Crippen LogP contribution in [0, 0.1) is 0 Å². The molecule has 0 atom stereocenters. The van der Waals surface area contributed by atoms with E-state index in [4.69, 9.17) is 0 Å². The Hall–Kier alpha value is -1.45. The normalized spacial score (nSPS) is 10.1. The van der Waals surface area contributed by atoms with Crippen molar-refractivity contribution in [3.8, 4) is 0 Å². The van der Waals surface area contributed by atoms with Crippen molar-refractivity contribution in [3.63, 3.8) is 0 Å². The van der Waals surface area contributed by atoms with Crippen LogP contribution >= 0.6 is 0 Å². The first-order valence-corrected chi connectivity index (χ1v) is 13.2. The molecular formula is C26H45AlO6. The van der Waals surface area contributed by atoms with E-state index < -0.39 is 24.8 Å². The summed E-state index contributed by atoms with van der Waals surface area (Å²) < 4.78 is 0. The molecule has 0 rings (SSSR count). The number of Topliss-reactive ketones (excluding diaryl/α,β-unsaturated/α-hetero) is 2. The molecule has 0 aliphatic carbocycles. The van der Waals surface area contributed by atoms with E-state index in [0.29, 0.717) is 0 Å². The van der Waals surface area contributed by atoms with E-state index in [1.54, 1.807) is 0 Å². The Balaban J connectivity index is -0.000000524. The summed E-state index contributed by atoms with van der Waals surface area (Å²) in [5.41, 5.74) is 0. The van der Waals surface area contributed by atoms with Gasteiger partial charge in [-0.05, 0) is 13.8 Å². The van der Waals surface area contributed by atoms with Crippen LogP contribution in [0.25, 0.3) is 0 Å². The summed E-state index contributed by atoms with van der Waals surface area (Å²) in [6.07, 6.45) is 23.5. The van der Waals surface area contributed by atoms with E-state index in [-0.39, 0.29) is 11.6 Å². The van der Waals surface area contributed by atoms with Gasteiger partial charge < -0.3 is 19.8 Å². The van der Waals surface area contributed by atoms with Gasteiger partial charge in [-0.15, -0.1) is 0 Å². The molecule has 0 aromatic rings. The molecule has 188 valence electrons. The minimum atomic E-state index is -1.31. The van der Waals surface area contributed by atoms with Crippen LogP contribution in [0.4, 0.5) is 0 Å². The van der Waals surface area contributed by atoms with E-state index in [0.717, 1.165) is 0 Å². The Bertz CT molecular complexity index is 467. The maximum atomic E-state index is 9.83. The zero-order valence-electron chi connectivity index (χ0n) is 21.2. The predicted molar refractivity (Wildman–Crippen MR) is 131 cm³/mol. The van der Waals surface area contributed by atoms with Crippen LogP contribution in [0.1, 0.15) is 124 Å². The van der Waals surface area contributed by atoms with Crippen LogP contribution in [-0.4, -0.2) is 39.8 Å². The first-order valence-electron chi connectivity index (χ1n) is 12.4. The Kier molecular flexibility index (Phi) is 33.4. The molecule has 0 unspecified atom stereocenters. The van der Waals surface area contributed by atoms with Gasteiger partial charge in [0.1, 0.15) is 11.6 Å². The van der Waals surface area contributed by atoms with Gasteiger partial charge in [-0.2, -0.15) is 0 Å². The topological polar surface area (TPSA) is 114 Å². The summed E-state index contributed by atoms with van der Waals surface area (Å²) >= 11 is 2.82. The van der Waals surface area contributed by atoms with Crippen LogP contribution in [-0.2, 0) is 19.2 Å². The van der Waals surface area contributed by atoms with Gasteiger partial charge in [0, 0.05) is 24.8 Å². The third kappa shape index (κ3) is 49.0. The van der Waals surface area contributed by atoms with Crippen LogP contribution in [0.3, 0.4) is 0 Å². The molecule has 0 spiro atoms. The van der Waals surface area contributed by atoms with Crippen molar-refractivity contribution in [1.29, 1.82) is 0 Å². The van der Waals surface area contributed by atoms with Crippen molar-refractivity contribution in [2.45, 2.75) is 129 Å². The summed E-state index contributed by atoms with van der Waals surface area (Å²) in [6.45, 7) is 4.69. The van der Waals surface area contributed by atoms with Crippen molar-refractivity contribution in [2.24, 2.45) is 0 Å². The van der Waals surface area contributed by atoms with Crippen LogP contribution in [0.15, 0.2) is 12.2 Å². The molecule has 0 saturated heterocycles. The molecule has 0 N–H and O–H groups in total. The molecule has 0 saturated carbocycles. The average molecular weight is 481 g/mol. The molecule has 6 nitrogen and oxygen atoms in total. The van der Waals surface area contributed by atoms with Gasteiger partial charge in [-0.25, -0.2) is 0 Å². The minimum absolute atomic E-state index is 0.375. The van der Waals surface area contributed by atoms with Gasteiger partial charge in [0.15, 0.2) is 0 Å². The summed E-state index contributed by atoms with van der Waals surface area (Å²) in [7, 11) is 0. The van der Waals surface area contributed by atoms with Crippen molar-refractivity contribution in [3.05, 3.63) is 12.2 Å². The summed E-state index contributed by atoms with van der Waals surface area (Å²) in [6, 6.07) is 0. The number of carbonyl (C=O) groups is 4. The zero-order chi connectivity index (χ0) is 25.7. The van der Waals surface area contributed by atoms with E-state index in [2.05, 4.69) is 35.4 Å². The fourth-order valence-corrected chi connectivity index (χ4v) is 3.09. The van der Waals surface area contributed by atoms with E-state index in [1.165, 1.54) is 109 Å². The average Bonchev–Trinajstić information content (AvgIpc) is 2.70. The second kappa shape index (κ2) is 30.6.